The lowest BCUT2D eigenvalue weighted by Gasteiger charge is -2.17. The van der Waals surface area contributed by atoms with Crippen molar-refractivity contribution in [2.24, 2.45) is 0 Å². The Morgan fingerprint density at radius 2 is 0.926 bits per heavy atom. The fraction of sp³-hybridized carbons (Fsp3) is 0.0312. The van der Waals surface area contributed by atoms with Crippen molar-refractivity contribution in [1.82, 2.24) is 19.1 Å². The van der Waals surface area contributed by atoms with Gasteiger partial charge in [-0.3, -0.25) is 4.57 Å². The molecule has 1 aliphatic carbocycles. The van der Waals surface area contributed by atoms with Crippen molar-refractivity contribution in [2.75, 3.05) is 0 Å². The van der Waals surface area contributed by atoms with E-state index in [1.807, 2.05) is 0 Å². The molecule has 4 nitrogen and oxygen atoms in total. The third kappa shape index (κ3) is 4.98. The average Bonchev–Trinajstić information content (AvgIpc) is 3.92. The van der Waals surface area contributed by atoms with Gasteiger partial charge in [0.25, 0.3) is 0 Å². The molecule has 0 aliphatic heterocycles. The average molecular weight is 863 g/mol. The monoisotopic (exact) mass is 862 g/mol. The van der Waals surface area contributed by atoms with Gasteiger partial charge in [0, 0.05) is 38.4 Å². The number of hydrogen-bond donors (Lipinski definition) is 0. The van der Waals surface area contributed by atoms with Crippen LogP contribution in [-0.2, 0) is 6.42 Å². The van der Waals surface area contributed by atoms with Crippen molar-refractivity contribution < 1.29 is 0 Å². The van der Waals surface area contributed by atoms with Crippen LogP contribution in [0, 0.1) is 0 Å². The molecule has 68 heavy (non-hydrogen) atoms. The topological polar surface area (TPSA) is 35.6 Å². The van der Waals surface area contributed by atoms with Crippen molar-refractivity contribution in [3.63, 3.8) is 0 Å². The summed E-state index contributed by atoms with van der Waals surface area (Å²) in [4.78, 5) is 11.4. The van der Waals surface area contributed by atoms with Crippen molar-refractivity contribution in [1.29, 1.82) is 0 Å². The fourth-order valence-corrected chi connectivity index (χ4v) is 12.2. The van der Waals surface area contributed by atoms with E-state index in [1.54, 1.807) is 0 Å². The molecule has 0 saturated carbocycles. The van der Waals surface area contributed by atoms with E-state index < -0.39 is 0 Å². The van der Waals surface area contributed by atoms with Gasteiger partial charge in [0.05, 0.1) is 33.5 Å². The van der Waals surface area contributed by atoms with Crippen LogP contribution in [0.25, 0.3) is 148 Å². The summed E-state index contributed by atoms with van der Waals surface area (Å²) in [5.41, 5.74) is 10.9. The van der Waals surface area contributed by atoms with E-state index in [-0.39, 0.29) is 0 Å². The first-order valence-electron chi connectivity index (χ1n) is 23.7. The quantitative estimate of drug-likeness (QED) is 0.165. The molecular weight excluding hydrogens is 825 g/mol. The molecule has 0 atom stereocenters. The third-order valence-corrected chi connectivity index (χ3v) is 15.2. The van der Waals surface area contributed by atoms with Crippen LogP contribution in [0.2, 0.25) is 0 Å². The lowest BCUT2D eigenvalue weighted by atomic mass is 9.89. The van der Waals surface area contributed by atoms with E-state index >= 15 is 0 Å². The number of nitrogens with zero attached hydrogens (tertiary/aromatic N) is 4. The van der Waals surface area contributed by atoms with Gasteiger partial charge in [-0.15, -0.1) is 0 Å². The Morgan fingerprint density at radius 1 is 0.353 bits per heavy atom. The van der Waals surface area contributed by atoms with Gasteiger partial charge in [-0.2, -0.15) is 0 Å². The van der Waals surface area contributed by atoms with E-state index in [0.29, 0.717) is 5.95 Å². The number of aryl methyl sites for hydroxylation is 1. The summed E-state index contributed by atoms with van der Waals surface area (Å²) in [6.45, 7) is 0. The first-order chi connectivity index (χ1) is 33.7. The van der Waals surface area contributed by atoms with Crippen LogP contribution in [0.15, 0.2) is 200 Å². The van der Waals surface area contributed by atoms with Crippen LogP contribution >= 0.6 is 0 Å². The maximum atomic E-state index is 5.69. The Morgan fingerprint density at radius 3 is 1.68 bits per heavy atom. The van der Waals surface area contributed by atoms with E-state index in [2.05, 4.69) is 215 Å². The largest absolute Gasteiger partial charge is 0.309 e. The Labute approximate surface area is 389 Å². The highest BCUT2D eigenvalue weighted by Gasteiger charge is 2.24. The highest BCUT2D eigenvalue weighted by Crippen LogP contribution is 2.44. The second-order valence-electron chi connectivity index (χ2n) is 18.8. The number of aromatic nitrogens is 4. The van der Waals surface area contributed by atoms with Gasteiger partial charge < -0.3 is 4.57 Å². The van der Waals surface area contributed by atoms with Crippen LogP contribution in [0.3, 0.4) is 0 Å². The molecule has 16 rings (SSSR count). The van der Waals surface area contributed by atoms with Crippen molar-refractivity contribution in [3.8, 4) is 34.2 Å². The molecule has 314 valence electrons. The number of para-hydroxylation sites is 2. The maximum absolute atomic E-state index is 5.69. The molecule has 0 unspecified atom stereocenters. The summed E-state index contributed by atoms with van der Waals surface area (Å²) in [5, 5.41) is 21.2. The molecule has 3 aromatic heterocycles. The lowest BCUT2D eigenvalue weighted by molar-refractivity contribution is 0.998. The molecule has 0 radical (unpaired) electrons. The van der Waals surface area contributed by atoms with Crippen molar-refractivity contribution in [3.05, 3.63) is 211 Å². The molecule has 0 fully saturated rings. The molecule has 0 saturated heterocycles. The standard InChI is InChI=1S/C64H38N4/c1-2-10-42-35-49(28-27-37(42)9-1)67-56-18-6-4-16-52(56)62-57(67)30-29-51-50-15-3-5-17-55(50)68(63(51)62)64-65-53(47-31-43-23-19-38-11-7-12-39-20-24-44(32-47)60(43)58(38)39)36-54(66-64)48-33-45-25-21-40-13-8-14-41-22-26-46(34-48)61(45)59(40)41/h1-7,9-13,15-36H,8,14H2. The summed E-state index contributed by atoms with van der Waals surface area (Å²) in [5.74, 6) is 0.642. The Bertz CT molecular complexity index is 4660. The van der Waals surface area contributed by atoms with E-state index in [0.717, 1.165) is 63.1 Å². The minimum Gasteiger partial charge on any atom is -0.309 e. The van der Waals surface area contributed by atoms with Gasteiger partial charge in [0.2, 0.25) is 5.95 Å². The van der Waals surface area contributed by atoms with Crippen LogP contribution in [0.1, 0.15) is 12.0 Å². The number of fused-ring (bicyclic) bond motifs is 8. The van der Waals surface area contributed by atoms with Gasteiger partial charge in [0.15, 0.2) is 0 Å². The summed E-state index contributed by atoms with van der Waals surface area (Å²) in [6.07, 6.45) is 4.56. The smallest absolute Gasteiger partial charge is 0.235 e. The zero-order valence-electron chi connectivity index (χ0n) is 36.8. The third-order valence-electron chi connectivity index (χ3n) is 15.2. The van der Waals surface area contributed by atoms with E-state index in [9.17, 15) is 0 Å². The Hall–Kier alpha value is -8.86. The van der Waals surface area contributed by atoms with E-state index in [1.165, 1.54) is 97.0 Å². The molecule has 1 aliphatic rings. The fourth-order valence-electron chi connectivity index (χ4n) is 12.2. The Kier molecular flexibility index (Phi) is 7.15. The van der Waals surface area contributed by atoms with Crippen molar-refractivity contribution in [2.45, 2.75) is 12.8 Å². The van der Waals surface area contributed by atoms with Crippen LogP contribution < -0.4 is 5.22 Å². The molecule has 4 heteroatoms. The molecule has 3 heterocycles. The molecule has 0 amide bonds. The minimum atomic E-state index is 0.642. The van der Waals surface area contributed by atoms with Crippen molar-refractivity contribution >= 4 is 114 Å². The van der Waals surface area contributed by atoms with Crippen LogP contribution in [0.5, 0.6) is 0 Å². The Balaban J connectivity index is 1.01. The molecule has 0 spiro atoms. The van der Waals surface area contributed by atoms with Gasteiger partial charge in [-0.25, -0.2) is 9.97 Å². The number of benzene rings is 12. The summed E-state index contributed by atoms with van der Waals surface area (Å²) < 4.78 is 4.78. The van der Waals surface area contributed by atoms with Crippen LogP contribution in [-0.4, -0.2) is 19.1 Å². The van der Waals surface area contributed by atoms with Crippen LogP contribution in [0.4, 0.5) is 0 Å². The van der Waals surface area contributed by atoms with Gasteiger partial charge in [-0.1, -0.05) is 146 Å². The molecule has 0 bridgehead atoms. The second-order valence-corrected chi connectivity index (χ2v) is 18.8. The number of hydrogen-bond acceptors (Lipinski definition) is 2. The van der Waals surface area contributed by atoms with E-state index in [4.69, 9.17) is 9.97 Å². The molecule has 12 aromatic carbocycles. The summed E-state index contributed by atoms with van der Waals surface area (Å²) in [6, 6.07) is 74.1. The first-order valence-corrected chi connectivity index (χ1v) is 23.7. The zero-order valence-corrected chi connectivity index (χ0v) is 36.8. The predicted molar refractivity (Wildman–Crippen MR) is 286 cm³/mol. The first kappa shape index (κ1) is 36.4. The van der Waals surface area contributed by atoms with Gasteiger partial charge in [-0.05, 0) is 149 Å². The minimum absolute atomic E-state index is 0.642. The molecule has 15 aromatic rings. The number of rotatable bonds is 4. The van der Waals surface area contributed by atoms with Gasteiger partial charge in [0.1, 0.15) is 0 Å². The maximum Gasteiger partial charge on any atom is 0.235 e. The highest BCUT2D eigenvalue weighted by atomic mass is 15.2. The SMILES string of the molecule is C1=c2ccc3cc(-c4cc(-c5cc6ccc7cccc8ccc(c5)c6c78)nc(-n5c6ccccc6c6ccc7c(c8ccccc8n7-c7ccc8ccccc8c7)c65)n4)cc4ccc(c2c43)CC1. The highest BCUT2D eigenvalue weighted by molar-refractivity contribution is 6.27. The molecular formula is C64H38N4. The molecule has 0 N–H and O–H groups in total. The van der Waals surface area contributed by atoms with Gasteiger partial charge >= 0.3 is 0 Å². The predicted octanol–water partition coefficient (Wildman–Crippen LogP) is 15.8. The second kappa shape index (κ2) is 13.4. The normalized spacial score (nSPS) is 13.0. The summed E-state index contributed by atoms with van der Waals surface area (Å²) in [7, 11) is 0. The lowest BCUT2D eigenvalue weighted by Crippen LogP contribution is -2.10. The summed E-state index contributed by atoms with van der Waals surface area (Å²) >= 11 is 0. The zero-order chi connectivity index (χ0) is 44.2.